The maximum Gasteiger partial charge on any atom is 0.253 e. The monoisotopic (exact) mass is 389 g/mol. The molecule has 0 radical (unpaired) electrons. The van der Waals surface area contributed by atoms with Crippen molar-refractivity contribution in [1.29, 1.82) is 0 Å². The zero-order chi connectivity index (χ0) is 19.4. The van der Waals surface area contributed by atoms with Gasteiger partial charge >= 0.3 is 0 Å². The van der Waals surface area contributed by atoms with E-state index in [0.717, 1.165) is 12.8 Å². The standard InChI is InChI=1S/C20H21ClFN3O2/c1-25(11-15-16(21)6-4-7-17(15)22)12-19(26)24-18-8-3-2-5-14(18)20(27)23-13-9-10-13/h2-8,13H,9-12H2,1H3,(H,23,27)(H,24,26). The fourth-order valence-corrected chi connectivity index (χ4v) is 2.95. The molecule has 0 aliphatic heterocycles. The van der Waals surface area contributed by atoms with Crippen molar-refractivity contribution >= 4 is 29.1 Å². The van der Waals surface area contributed by atoms with Gasteiger partial charge in [0.1, 0.15) is 5.82 Å². The second-order valence-corrected chi connectivity index (χ2v) is 7.12. The molecule has 142 valence electrons. The average molecular weight is 390 g/mol. The van der Waals surface area contributed by atoms with Crippen LogP contribution < -0.4 is 10.6 Å². The lowest BCUT2D eigenvalue weighted by Gasteiger charge is -2.18. The molecule has 2 aromatic carbocycles. The van der Waals surface area contributed by atoms with Gasteiger partial charge in [-0.1, -0.05) is 29.8 Å². The van der Waals surface area contributed by atoms with Crippen LogP contribution in [0.15, 0.2) is 42.5 Å². The van der Waals surface area contributed by atoms with Gasteiger partial charge in [0.05, 0.1) is 17.8 Å². The number of carbonyl (C=O) groups excluding carboxylic acids is 2. The quantitative estimate of drug-likeness (QED) is 0.762. The van der Waals surface area contributed by atoms with E-state index >= 15 is 0 Å². The van der Waals surface area contributed by atoms with Gasteiger partial charge in [-0.05, 0) is 44.2 Å². The van der Waals surface area contributed by atoms with Gasteiger partial charge in [0.15, 0.2) is 0 Å². The van der Waals surface area contributed by atoms with Crippen molar-refractivity contribution in [2.24, 2.45) is 0 Å². The zero-order valence-electron chi connectivity index (χ0n) is 15.0. The van der Waals surface area contributed by atoms with Crippen LogP contribution in [0.4, 0.5) is 10.1 Å². The largest absolute Gasteiger partial charge is 0.349 e. The van der Waals surface area contributed by atoms with E-state index in [1.807, 2.05) is 0 Å². The summed E-state index contributed by atoms with van der Waals surface area (Å²) < 4.78 is 13.9. The molecule has 0 atom stereocenters. The Morgan fingerprint density at radius 1 is 1.19 bits per heavy atom. The van der Waals surface area contributed by atoms with Crippen LogP contribution >= 0.6 is 11.6 Å². The molecular weight excluding hydrogens is 369 g/mol. The predicted octanol–water partition coefficient (Wildman–Crippen LogP) is 3.44. The molecule has 1 aliphatic rings. The number of amides is 2. The van der Waals surface area contributed by atoms with Crippen molar-refractivity contribution in [3.8, 4) is 0 Å². The number of carbonyl (C=O) groups is 2. The van der Waals surface area contributed by atoms with Crippen LogP contribution in [0.25, 0.3) is 0 Å². The van der Waals surface area contributed by atoms with E-state index < -0.39 is 5.82 Å². The summed E-state index contributed by atoms with van der Waals surface area (Å²) in [6.07, 6.45) is 1.98. The number of anilines is 1. The Hall–Kier alpha value is -2.44. The van der Waals surface area contributed by atoms with E-state index in [1.165, 1.54) is 12.1 Å². The lowest BCUT2D eigenvalue weighted by Crippen LogP contribution is -2.31. The number of likely N-dealkylation sites (N-methyl/N-ethyl adjacent to an activating group) is 1. The highest BCUT2D eigenvalue weighted by atomic mass is 35.5. The molecule has 3 rings (SSSR count). The van der Waals surface area contributed by atoms with E-state index in [0.29, 0.717) is 21.8 Å². The van der Waals surface area contributed by atoms with Crippen molar-refractivity contribution in [3.63, 3.8) is 0 Å². The van der Waals surface area contributed by atoms with Gasteiger partial charge < -0.3 is 10.6 Å². The second-order valence-electron chi connectivity index (χ2n) is 6.71. The molecule has 0 saturated heterocycles. The number of benzene rings is 2. The van der Waals surface area contributed by atoms with Crippen molar-refractivity contribution in [2.45, 2.75) is 25.4 Å². The molecule has 27 heavy (non-hydrogen) atoms. The zero-order valence-corrected chi connectivity index (χ0v) is 15.7. The maximum atomic E-state index is 13.9. The third kappa shape index (κ3) is 5.28. The van der Waals surface area contributed by atoms with E-state index in [4.69, 9.17) is 11.6 Å². The fourth-order valence-electron chi connectivity index (χ4n) is 2.73. The number of hydrogen-bond donors (Lipinski definition) is 2. The van der Waals surface area contributed by atoms with Crippen LogP contribution in [0, 0.1) is 5.82 Å². The first-order valence-corrected chi connectivity index (χ1v) is 9.13. The third-order valence-corrected chi connectivity index (χ3v) is 4.62. The molecule has 2 amide bonds. The lowest BCUT2D eigenvalue weighted by atomic mass is 10.1. The summed E-state index contributed by atoms with van der Waals surface area (Å²) in [6, 6.07) is 11.6. The molecular formula is C20H21ClFN3O2. The van der Waals surface area contributed by atoms with Crippen molar-refractivity contribution in [3.05, 3.63) is 64.4 Å². The summed E-state index contributed by atoms with van der Waals surface area (Å²) in [5.74, 6) is -0.895. The van der Waals surface area contributed by atoms with Crippen LogP contribution in [-0.4, -0.2) is 36.3 Å². The van der Waals surface area contributed by atoms with E-state index in [2.05, 4.69) is 10.6 Å². The summed E-state index contributed by atoms with van der Waals surface area (Å²) in [5, 5.41) is 6.00. The maximum absolute atomic E-state index is 13.9. The first kappa shape index (κ1) is 19.3. The van der Waals surface area contributed by atoms with Crippen molar-refractivity contribution < 1.29 is 14.0 Å². The van der Waals surface area contributed by atoms with Gasteiger partial charge in [-0.2, -0.15) is 0 Å². The predicted molar refractivity (Wildman–Crippen MR) is 103 cm³/mol. The van der Waals surface area contributed by atoms with Gasteiger partial charge in [-0.3, -0.25) is 14.5 Å². The Kier molecular flexibility index (Phi) is 6.08. The highest BCUT2D eigenvalue weighted by molar-refractivity contribution is 6.31. The van der Waals surface area contributed by atoms with Gasteiger partial charge in [0.25, 0.3) is 5.91 Å². The van der Waals surface area contributed by atoms with Gasteiger partial charge in [-0.15, -0.1) is 0 Å². The first-order valence-electron chi connectivity index (χ1n) is 8.75. The molecule has 1 aliphatic carbocycles. The second kappa shape index (κ2) is 8.50. The minimum Gasteiger partial charge on any atom is -0.349 e. The molecule has 0 spiro atoms. The summed E-state index contributed by atoms with van der Waals surface area (Å²) in [6.45, 7) is 0.228. The fraction of sp³-hybridized carbons (Fsp3) is 0.300. The Bertz CT molecular complexity index is 835. The molecule has 0 heterocycles. The number of hydrogen-bond acceptors (Lipinski definition) is 3. The minimum absolute atomic E-state index is 0.0310. The molecule has 1 fully saturated rings. The highest BCUT2D eigenvalue weighted by Crippen LogP contribution is 2.22. The normalized spacial score (nSPS) is 13.5. The molecule has 0 bridgehead atoms. The Morgan fingerprint density at radius 3 is 2.63 bits per heavy atom. The molecule has 2 aromatic rings. The summed E-state index contributed by atoms with van der Waals surface area (Å²) >= 11 is 6.03. The average Bonchev–Trinajstić information content (AvgIpc) is 3.42. The molecule has 1 saturated carbocycles. The number of nitrogens with zero attached hydrogens (tertiary/aromatic N) is 1. The molecule has 5 nitrogen and oxygen atoms in total. The lowest BCUT2D eigenvalue weighted by molar-refractivity contribution is -0.117. The molecule has 2 N–H and O–H groups in total. The van der Waals surface area contributed by atoms with Gasteiger partial charge in [0.2, 0.25) is 5.91 Å². The van der Waals surface area contributed by atoms with Crippen LogP contribution in [0.1, 0.15) is 28.8 Å². The summed E-state index contributed by atoms with van der Waals surface area (Å²) in [5.41, 5.74) is 1.23. The summed E-state index contributed by atoms with van der Waals surface area (Å²) in [7, 11) is 1.70. The number of nitrogens with one attached hydrogen (secondary N) is 2. The third-order valence-electron chi connectivity index (χ3n) is 4.26. The molecule has 0 unspecified atom stereocenters. The number of rotatable bonds is 7. The summed E-state index contributed by atoms with van der Waals surface area (Å²) in [4.78, 5) is 26.3. The van der Waals surface area contributed by atoms with Crippen molar-refractivity contribution in [1.82, 2.24) is 10.2 Å². The van der Waals surface area contributed by atoms with E-state index in [1.54, 1.807) is 42.3 Å². The SMILES string of the molecule is CN(CC(=O)Nc1ccccc1C(=O)NC1CC1)Cc1c(F)cccc1Cl. The van der Waals surface area contributed by atoms with Gasteiger partial charge in [-0.25, -0.2) is 4.39 Å². The van der Waals surface area contributed by atoms with Crippen LogP contribution in [-0.2, 0) is 11.3 Å². The minimum atomic E-state index is -0.406. The van der Waals surface area contributed by atoms with Crippen LogP contribution in [0.5, 0.6) is 0 Å². The number of para-hydroxylation sites is 1. The van der Waals surface area contributed by atoms with Crippen molar-refractivity contribution in [2.75, 3.05) is 18.9 Å². The Morgan fingerprint density at radius 2 is 1.93 bits per heavy atom. The van der Waals surface area contributed by atoms with E-state index in [9.17, 15) is 14.0 Å². The van der Waals surface area contributed by atoms with Gasteiger partial charge in [0, 0.05) is 23.2 Å². The highest BCUT2D eigenvalue weighted by Gasteiger charge is 2.25. The van der Waals surface area contributed by atoms with E-state index in [-0.39, 0.29) is 30.9 Å². The topological polar surface area (TPSA) is 61.4 Å². The smallest absolute Gasteiger partial charge is 0.253 e. The van der Waals surface area contributed by atoms with Crippen LogP contribution in [0.3, 0.4) is 0 Å². The molecule has 0 aromatic heterocycles. The Labute approximate surface area is 162 Å². The number of halogens is 2. The van der Waals surface area contributed by atoms with Crippen LogP contribution in [0.2, 0.25) is 5.02 Å². The first-order chi connectivity index (χ1) is 12.9. The Balaban J connectivity index is 1.61. The molecule has 7 heteroatoms.